The molecule has 2 heterocycles. The highest BCUT2D eigenvalue weighted by Gasteiger charge is 2.21. The first kappa shape index (κ1) is 12.7. The molecule has 0 unspecified atom stereocenters. The minimum Gasteiger partial charge on any atom is -0.490 e. The van der Waals surface area contributed by atoms with Crippen molar-refractivity contribution in [2.24, 2.45) is 7.05 Å². The van der Waals surface area contributed by atoms with E-state index in [1.165, 1.54) is 0 Å². The monoisotopic (exact) mass is 343 g/mol. The van der Waals surface area contributed by atoms with Gasteiger partial charge in [-0.1, -0.05) is 32.6 Å². The number of tetrazole rings is 1. The fourth-order valence-electron chi connectivity index (χ4n) is 2.10. The highest BCUT2D eigenvalue weighted by atomic mass is 79.9. The number of benzene rings is 1. The standard InChI is InChI=1S/C11H11BrClN5O/c1-17-11(14-15-16-17)18-2-3-19-10-7(6-18)4-8(12)5-9(10)13/h4-5H,2-3,6H2,1H3. The topological polar surface area (TPSA) is 56.1 Å². The molecule has 0 bridgehead atoms. The number of hydrogen-bond acceptors (Lipinski definition) is 5. The largest absolute Gasteiger partial charge is 0.490 e. The number of rotatable bonds is 1. The predicted molar refractivity (Wildman–Crippen MR) is 74.5 cm³/mol. The van der Waals surface area contributed by atoms with Crippen molar-refractivity contribution in [2.45, 2.75) is 6.54 Å². The van der Waals surface area contributed by atoms with Crippen LogP contribution in [0.25, 0.3) is 0 Å². The zero-order valence-corrected chi connectivity index (χ0v) is 12.5. The summed E-state index contributed by atoms with van der Waals surface area (Å²) in [5, 5.41) is 12.2. The second-order valence-electron chi connectivity index (χ2n) is 4.25. The minimum absolute atomic E-state index is 0.543. The van der Waals surface area contributed by atoms with Crippen molar-refractivity contribution in [2.75, 3.05) is 18.1 Å². The summed E-state index contributed by atoms with van der Waals surface area (Å²) < 4.78 is 8.30. The van der Waals surface area contributed by atoms with Gasteiger partial charge in [0.15, 0.2) is 0 Å². The Morgan fingerprint density at radius 2 is 2.26 bits per heavy atom. The van der Waals surface area contributed by atoms with E-state index >= 15 is 0 Å². The second kappa shape index (κ2) is 4.97. The molecule has 1 aliphatic rings. The van der Waals surface area contributed by atoms with Crippen LogP contribution in [0.2, 0.25) is 5.02 Å². The SMILES string of the molecule is Cn1nnnc1N1CCOc2c(Cl)cc(Br)cc2C1. The van der Waals surface area contributed by atoms with E-state index in [4.69, 9.17) is 16.3 Å². The highest BCUT2D eigenvalue weighted by Crippen LogP contribution is 2.35. The number of halogens is 2. The number of aryl methyl sites for hydroxylation is 1. The van der Waals surface area contributed by atoms with Gasteiger partial charge in [-0.3, -0.25) is 0 Å². The third-order valence-electron chi connectivity index (χ3n) is 2.93. The summed E-state index contributed by atoms with van der Waals surface area (Å²) in [4.78, 5) is 2.06. The normalized spacial score (nSPS) is 14.8. The fraction of sp³-hybridized carbons (Fsp3) is 0.364. The van der Waals surface area contributed by atoms with Crippen LogP contribution in [0.4, 0.5) is 5.95 Å². The van der Waals surface area contributed by atoms with Gasteiger partial charge in [0.2, 0.25) is 5.95 Å². The maximum atomic E-state index is 6.20. The van der Waals surface area contributed by atoms with E-state index in [1.54, 1.807) is 4.68 Å². The van der Waals surface area contributed by atoms with Crippen LogP contribution in [0.3, 0.4) is 0 Å². The molecule has 0 saturated heterocycles. The maximum Gasteiger partial charge on any atom is 0.245 e. The van der Waals surface area contributed by atoms with E-state index in [-0.39, 0.29) is 0 Å². The van der Waals surface area contributed by atoms with Crippen molar-refractivity contribution in [3.05, 3.63) is 27.2 Å². The number of nitrogens with zero attached hydrogens (tertiary/aromatic N) is 5. The summed E-state index contributed by atoms with van der Waals surface area (Å²) in [5.74, 6) is 1.45. The highest BCUT2D eigenvalue weighted by molar-refractivity contribution is 9.10. The summed E-state index contributed by atoms with van der Waals surface area (Å²) in [6, 6.07) is 3.84. The van der Waals surface area contributed by atoms with Crippen LogP contribution >= 0.6 is 27.5 Å². The zero-order chi connectivity index (χ0) is 13.4. The lowest BCUT2D eigenvalue weighted by molar-refractivity contribution is 0.331. The third kappa shape index (κ3) is 2.40. The van der Waals surface area contributed by atoms with Gasteiger partial charge in [-0.2, -0.15) is 0 Å². The van der Waals surface area contributed by atoms with Gasteiger partial charge in [0.05, 0.1) is 11.6 Å². The molecule has 2 aromatic rings. The summed E-state index contributed by atoms with van der Waals surface area (Å²) in [6.45, 7) is 1.90. The number of hydrogen-bond donors (Lipinski definition) is 0. The van der Waals surface area contributed by atoms with Crippen LogP contribution in [0.5, 0.6) is 5.75 Å². The molecule has 19 heavy (non-hydrogen) atoms. The third-order valence-corrected chi connectivity index (χ3v) is 3.67. The van der Waals surface area contributed by atoms with Crippen LogP contribution in [-0.2, 0) is 13.6 Å². The Kier molecular flexibility index (Phi) is 3.32. The first-order valence-corrected chi connectivity index (χ1v) is 6.90. The molecule has 1 aromatic heterocycles. The van der Waals surface area contributed by atoms with Gasteiger partial charge in [-0.15, -0.1) is 0 Å². The van der Waals surface area contributed by atoms with Gasteiger partial charge in [0.1, 0.15) is 12.4 Å². The Morgan fingerprint density at radius 3 is 3.00 bits per heavy atom. The first-order chi connectivity index (χ1) is 9.15. The summed E-state index contributed by atoms with van der Waals surface area (Å²) in [6.07, 6.45) is 0. The molecule has 100 valence electrons. The van der Waals surface area contributed by atoms with Gasteiger partial charge in [-0.05, 0) is 22.6 Å². The van der Waals surface area contributed by atoms with Gasteiger partial charge >= 0.3 is 0 Å². The van der Waals surface area contributed by atoms with Gasteiger partial charge in [0.25, 0.3) is 0 Å². The lowest BCUT2D eigenvalue weighted by Gasteiger charge is -2.19. The molecule has 3 rings (SSSR count). The second-order valence-corrected chi connectivity index (χ2v) is 5.57. The molecule has 0 fully saturated rings. The Bertz CT molecular complexity index is 617. The molecule has 0 amide bonds. The lowest BCUT2D eigenvalue weighted by atomic mass is 10.2. The first-order valence-electron chi connectivity index (χ1n) is 5.73. The van der Waals surface area contributed by atoms with E-state index in [9.17, 15) is 0 Å². The zero-order valence-electron chi connectivity index (χ0n) is 10.2. The Balaban J connectivity index is 1.99. The predicted octanol–water partition coefficient (Wildman–Crippen LogP) is 2.02. The number of fused-ring (bicyclic) bond motifs is 1. The van der Waals surface area contributed by atoms with Crippen LogP contribution in [0.15, 0.2) is 16.6 Å². The summed E-state index contributed by atoms with van der Waals surface area (Å²) in [5.41, 5.74) is 1.01. The molecule has 0 N–H and O–H groups in total. The Labute approximate surface area is 123 Å². The molecular formula is C11H11BrClN5O. The van der Waals surface area contributed by atoms with Gasteiger partial charge in [0, 0.05) is 23.6 Å². The van der Waals surface area contributed by atoms with Crippen molar-refractivity contribution in [3.63, 3.8) is 0 Å². The van der Waals surface area contributed by atoms with Crippen LogP contribution in [-0.4, -0.2) is 33.4 Å². The van der Waals surface area contributed by atoms with E-state index in [2.05, 4.69) is 36.4 Å². The van der Waals surface area contributed by atoms with E-state index in [0.29, 0.717) is 30.7 Å². The van der Waals surface area contributed by atoms with Gasteiger partial charge < -0.3 is 9.64 Å². The average Bonchev–Trinajstić information content (AvgIpc) is 2.66. The maximum absolute atomic E-state index is 6.20. The molecular weight excluding hydrogens is 334 g/mol. The Morgan fingerprint density at radius 1 is 1.42 bits per heavy atom. The van der Waals surface area contributed by atoms with Crippen LogP contribution in [0, 0.1) is 0 Å². The van der Waals surface area contributed by atoms with E-state index in [1.807, 2.05) is 19.2 Å². The van der Waals surface area contributed by atoms with Crippen LogP contribution < -0.4 is 9.64 Å². The number of aromatic nitrogens is 4. The molecule has 1 aromatic carbocycles. The van der Waals surface area contributed by atoms with E-state index in [0.717, 1.165) is 15.8 Å². The number of anilines is 1. The van der Waals surface area contributed by atoms with E-state index < -0.39 is 0 Å². The minimum atomic E-state index is 0.543. The molecule has 6 nitrogen and oxygen atoms in total. The molecule has 0 spiro atoms. The molecule has 0 aliphatic carbocycles. The van der Waals surface area contributed by atoms with Crippen molar-refractivity contribution >= 4 is 33.5 Å². The van der Waals surface area contributed by atoms with Crippen molar-refractivity contribution in [3.8, 4) is 5.75 Å². The van der Waals surface area contributed by atoms with Crippen molar-refractivity contribution in [1.82, 2.24) is 20.2 Å². The number of ether oxygens (including phenoxy) is 1. The molecule has 0 atom stereocenters. The molecule has 0 saturated carbocycles. The molecule has 1 aliphatic heterocycles. The molecule has 8 heteroatoms. The summed E-state index contributed by atoms with van der Waals surface area (Å²) in [7, 11) is 1.82. The lowest BCUT2D eigenvalue weighted by Crippen LogP contribution is -2.28. The van der Waals surface area contributed by atoms with Gasteiger partial charge in [-0.25, -0.2) is 4.68 Å². The quantitative estimate of drug-likeness (QED) is 0.792. The molecule has 0 radical (unpaired) electrons. The Hall–Kier alpha value is -1.34. The smallest absolute Gasteiger partial charge is 0.245 e. The van der Waals surface area contributed by atoms with Crippen molar-refractivity contribution in [1.29, 1.82) is 0 Å². The van der Waals surface area contributed by atoms with Crippen LogP contribution in [0.1, 0.15) is 5.56 Å². The van der Waals surface area contributed by atoms with Crippen molar-refractivity contribution < 1.29 is 4.74 Å². The summed E-state index contributed by atoms with van der Waals surface area (Å²) >= 11 is 9.65. The fourth-order valence-corrected chi connectivity index (χ4v) is 3.03. The average molecular weight is 345 g/mol.